The zero-order valence-corrected chi connectivity index (χ0v) is 18.1. The minimum Gasteiger partial charge on any atom is -0.493 e. The number of benzene rings is 2. The van der Waals surface area contributed by atoms with Crippen molar-refractivity contribution in [3.8, 4) is 5.75 Å². The number of hydrogen-bond donors (Lipinski definition) is 1. The van der Waals surface area contributed by atoms with Gasteiger partial charge in [0.2, 0.25) is 0 Å². The van der Waals surface area contributed by atoms with Crippen molar-refractivity contribution in [3.63, 3.8) is 0 Å². The molecule has 0 aliphatic carbocycles. The molecule has 2 aromatic carbocycles. The minimum atomic E-state index is -2.91. The molecule has 168 valence electrons. The maximum atomic E-state index is 13.6. The molecule has 1 aliphatic rings. The molecule has 1 fully saturated rings. The first-order chi connectivity index (χ1) is 18.1. The zero-order chi connectivity index (χ0) is 29.3. The monoisotopic (exact) mass is 435 g/mol. The second kappa shape index (κ2) is 11.1. The van der Waals surface area contributed by atoms with E-state index in [-0.39, 0.29) is 23.8 Å². The Morgan fingerprint density at radius 1 is 1.23 bits per heavy atom. The van der Waals surface area contributed by atoms with Crippen LogP contribution in [-0.4, -0.2) is 48.6 Å². The summed E-state index contributed by atoms with van der Waals surface area (Å²) in [4.78, 5) is 16.6. The van der Waals surface area contributed by atoms with Gasteiger partial charge in [0.05, 0.1) is 17.6 Å². The number of hydrogen-bond acceptors (Lipinski definition) is 3. The molecule has 3 rings (SSSR count). The van der Waals surface area contributed by atoms with Crippen molar-refractivity contribution in [2.45, 2.75) is 45.7 Å². The Bertz CT molecular complexity index is 1160. The van der Waals surface area contributed by atoms with Gasteiger partial charge in [0.15, 0.2) is 0 Å². The van der Waals surface area contributed by atoms with E-state index in [9.17, 15) is 9.18 Å². The maximum absolute atomic E-state index is 13.6. The fraction of sp³-hybridized carbons (Fsp3) is 0.480. The molecule has 1 aliphatic heterocycles. The van der Waals surface area contributed by atoms with Crippen LogP contribution < -0.4 is 10.1 Å². The molecule has 0 bridgehead atoms. The first-order valence-corrected chi connectivity index (χ1v) is 10.4. The van der Waals surface area contributed by atoms with E-state index in [0.717, 1.165) is 17.0 Å². The third-order valence-corrected chi connectivity index (χ3v) is 4.82. The van der Waals surface area contributed by atoms with E-state index in [4.69, 9.17) is 15.7 Å². The van der Waals surface area contributed by atoms with E-state index < -0.39 is 60.6 Å². The van der Waals surface area contributed by atoms with Gasteiger partial charge in [0.1, 0.15) is 11.6 Å². The molecule has 1 N–H and O–H groups in total. The fourth-order valence-electron chi connectivity index (χ4n) is 3.09. The second-order valence-corrected chi connectivity index (χ2v) is 7.99. The van der Waals surface area contributed by atoms with E-state index in [1.54, 1.807) is 0 Å². The van der Waals surface area contributed by atoms with Crippen LogP contribution in [0.1, 0.15) is 48.8 Å². The third-order valence-electron chi connectivity index (χ3n) is 4.82. The molecule has 0 saturated carbocycles. The van der Waals surface area contributed by atoms with Gasteiger partial charge in [-0.05, 0) is 74.2 Å². The zero-order valence-electron chi connectivity index (χ0n) is 26.1. The van der Waals surface area contributed by atoms with Crippen LogP contribution in [0.15, 0.2) is 48.4 Å². The van der Waals surface area contributed by atoms with Gasteiger partial charge in [-0.15, -0.1) is 0 Å². The lowest BCUT2D eigenvalue weighted by molar-refractivity contribution is 0.127. The number of likely N-dealkylation sites (tertiary alicyclic amines) is 1. The number of nitrogens with zero attached hydrogens (tertiary/aromatic N) is 2. The number of ether oxygens (including phenoxy) is 1. The highest BCUT2D eigenvalue weighted by Crippen LogP contribution is 2.19. The van der Waals surface area contributed by atoms with Gasteiger partial charge in [-0.3, -0.25) is 0 Å². The SMILES string of the molecule is [2H]c1c([2H])c(C([2H])([2H])NC(=O)N(C2CCN(C)CC2)C([2H])([2H])c2ccc(F)cc2)c([2H])c([2H])c1OCC(C)C. The summed E-state index contributed by atoms with van der Waals surface area (Å²) in [7, 11) is 1.89. The summed E-state index contributed by atoms with van der Waals surface area (Å²) in [6.45, 7) is -0.412. The Morgan fingerprint density at radius 3 is 2.48 bits per heavy atom. The molecule has 2 amide bonds. The van der Waals surface area contributed by atoms with Crippen molar-refractivity contribution in [1.82, 2.24) is 15.1 Å². The van der Waals surface area contributed by atoms with E-state index in [2.05, 4.69) is 5.32 Å². The second-order valence-electron chi connectivity index (χ2n) is 7.99. The Hall–Kier alpha value is -2.60. The van der Waals surface area contributed by atoms with Crippen molar-refractivity contribution in [2.24, 2.45) is 5.92 Å². The molecule has 0 radical (unpaired) electrons. The maximum Gasteiger partial charge on any atom is 0.318 e. The highest BCUT2D eigenvalue weighted by atomic mass is 19.1. The molecule has 31 heavy (non-hydrogen) atoms. The molecule has 1 saturated heterocycles. The summed E-state index contributed by atoms with van der Waals surface area (Å²) >= 11 is 0. The number of urea groups is 1. The predicted molar refractivity (Wildman–Crippen MR) is 121 cm³/mol. The predicted octanol–water partition coefficient (Wildman–Crippen LogP) is 4.67. The Balaban J connectivity index is 2.01. The van der Waals surface area contributed by atoms with Crippen LogP contribution >= 0.6 is 0 Å². The van der Waals surface area contributed by atoms with Gasteiger partial charge in [-0.2, -0.15) is 0 Å². The standard InChI is InChI=1S/C25H34FN3O2/c1-19(2)18-31-24-10-6-20(7-11-24)16-27-25(30)29(23-12-14-28(3)15-13-23)17-21-4-8-22(26)9-5-21/h4-11,19,23H,12-18H2,1-3H3,(H,27,30)/i6D,7D,10D,11D,16D2,17D2. The van der Waals surface area contributed by atoms with Gasteiger partial charge >= 0.3 is 6.03 Å². The normalized spacial score (nSPS) is 19.8. The smallest absolute Gasteiger partial charge is 0.318 e. The largest absolute Gasteiger partial charge is 0.493 e. The fourth-order valence-corrected chi connectivity index (χ4v) is 3.09. The number of piperidine rings is 1. The summed E-state index contributed by atoms with van der Waals surface area (Å²) in [6.07, 6.45) is 0.799. The number of nitrogens with one attached hydrogen (secondary N) is 1. The third kappa shape index (κ3) is 7.24. The number of amides is 2. The summed E-state index contributed by atoms with van der Waals surface area (Å²) in [6, 6.07) is 0.218. The van der Waals surface area contributed by atoms with Crippen LogP contribution in [0.5, 0.6) is 5.75 Å². The Kier molecular flexibility index (Phi) is 5.20. The van der Waals surface area contributed by atoms with Crippen LogP contribution in [0.2, 0.25) is 0 Å². The molecule has 2 aromatic rings. The molecular formula is C25H34FN3O2. The lowest BCUT2D eigenvalue weighted by Gasteiger charge is -2.37. The lowest BCUT2D eigenvalue weighted by atomic mass is 10.0. The summed E-state index contributed by atoms with van der Waals surface area (Å²) < 4.78 is 87.1. The van der Waals surface area contributed by atoms with Gasteiger partial charge in [-0.1, -0.05) is 38.1 Å². The molecular weight excluding hydrogens is 393 g/mol. The molecule has 0 atom stereocenters. The van der Waals surface area contributed by atoms with Crippen molar-refractivity contribution >= 4 is 6.03 Å². The first kappa shape index (κ1) is 14.5. The highest BCUT2D eigenvalue weighted by molar-refractivity contribution is 5.74. The molecule has 1 heterocycles. The van der Waals surface area contributed by atoms with Gasteiger partial charge in [-0.25, -0.2) is 9.18 Å². The molecule has 5 nitrogen and oxygen atoms in total. The average Bonchev–Trinajstić information content (AvgIpc) is 2.83. The van der Waals surface area contributed by atoms with Crippen LogP contribution in [-0.2, 0) is 13.0 Å². The summed E-state index contributed by atoms with van der Waals surface area (Å²) in [5.74, 6) is -0.852. The molecule has 0 aromatic heterocycles. The number of carbonyl (C=O) groups is 1. The number of rotatable bonds is 8. The van der Waals surface area contributed by atoms with Gasteiger partial charge in [0, 0.05) is 19.0 Å². The molecule has 0 unspecified atom stereocenters. The highest BCUT2D eigenvalue weighted by Gasteiger charge is 2.27. The van der Waals surface area contributed by atoms with Crippen molar-refractivity contribution < 1.29 is 24.9 Å². The Morgan fingerprint density at radius 2 is 1.87 bits per heavy atom. The molecule has 0 spiro atoms. The lowest BCUT2D eigenvalue weighted by Crippen LogP contribution is -2.49. The average molecular weight is 436 g/mol. The summed E-state index contributed by atoms with van der Waals surface area (Å²) in [5.41, 5.74) is -0.706. The van der Waals surface area contributed by atoms with Gasteiger partial charge in [0.25, 0.3) is 0 Å². The Labute approximate surface area is 196 Å². The van der Waals surface area contributed by atoms with Crippen LogP contribution in [0.3, 0.4) is 0 Å². The number of halogens is 1. The van der Waals surface area contributed by atoms with Crippen molar-refractivity contribution in [3.05, 3.63) is 65.4 Å². The topological polar surface area (TPSA) is 44.8 Å². The van der Waals surface area contributed by atoms with E-state index >= 15 is 0 Å². The van der Waals surface area contributed by atoms with E-state index in [1.807, 2.05) is 25.8 Å². The van der Waals surface area contributed by atoms with E-state index in [0.29, 0.717) is 25.9 Å². The van der Waals surface area contributed by atoms with E-state index in [1.165, 1.54) is 12.1 Å². The number of carbonyl (C=O) groups excluding carboxylic acids is 1. The summed E-state index contributed by atoms with van der Waals surface area (Å²) in [5, 5.41) is 2.12. The van der Waals surface area contributed by atoms with Crippen LogP contribution in [0, 0.1) is 11.7 Å². The van der Waals surface area contributed by atoms with Crippen molar-refractivity contribution in [2.75, 3.05) is 26.7 Å². The quantitative estimate of drug-likeness (QED) is 0.656. The first-order valence-electron chi connectivity index (χ1n) is 14.4. The molecule has 6 heteroatoms. The van der Waals surface area contributed by atoms with Gasteiger partial charge < -0.3 is 19.9 Å². The van der Waals surface area contributed by atoms with Crippen LogP contribution in [0.25, 0.3) is 0 Å². The van der Waals surface area contributed by atoms with Crippen molar-refractivity contribution in [1.29, 1.82) is 0 Å². The minimum absolute atomic E-state index is 0.00514. The van der Waals surface area contributed by atoms with Crippen LogP contribution in [0.4, 0.5) is 9.18 Å².